The first-order valence-electron chi connectivity index (χ1n) is 7.56. The van der Waals surface area contributed by atoms with Crippen LogP contribution in [-0.4, -0.2) is 43.4 Å². The Kier molecular flexibility index (Phi) is 5.29. The van der Waals surface area contributed by atoms with Gasteiger partial charge in [0.2, 0.25) is 5.91 Å². The predicted octanol–water partition coefficient (Wildman–Crippen LogP) is 1.67. The molecular weight excluding hydrogens is 302 g/mol. The van der Waals surface area contributed by atoms with Crippen molar-refractivity contribution in [1.29, 1.82) is 0 Å². The monoisotopic (exact) mass is 323 g/mol. The van der Waals surface area contributed by atoms with E-state index in [1.54, 1.807) is 7.05 Å². The molecule has 2 aliphatic heterocycles. The number of likely N-dealkylation sites (tertiary alicyclic amines) is 1. The molecule has 120 valence electrons. The topological polar surface area (TPSA) is 61.4 Å². The van der Waals surface area contributed by atoms with Crippen LogP contribution in [0.3, 0.4) is 0 Å². The van der Waals surface area contributed by atoms with Crippen LogP contribution in [0.5, 0.6) is 0 Å². The van der Waals surface area contributed by atoms with Crippen LogP contribution in [0.15, 0.2) is 18.2 Å². The molecule has 2 amide bonds. The molecule has 6 heteroatoms. The van der Waals surface area contributed by atoms with E-state index in [1.807, 2.05) is 23.1 Å². The van der Waals surface area contributed by atoms with Gasteiger partial charge in [-0.15, -0.1) is 12.4 Å². The lowest BCUT2D eigenvalue weighted by molar-refractivity contribution is -0.125. The Morgan fingerprint density at radius 2 is 2.00 bits per heavy atom. The van der Waals surface area contributed by atoms with E-state index in [4.69, 9.17) is 0 Å². The molecule has 2 aliphatic rings. The van der Waals surface area contributed by atoms with Gasteiger partial charge in [-0.25, -0.2) is 0 Å². The lowest BCUT2D eigenvalue weighted by atomic mass is 9.95. The van der Waals surface area contributed by atoms with E-state index in [1.165, 1.54) is 5.56 Å². The molecule has 1 saturated heterocycles. The van der Waals surface area contributed by atoms with Crippen LogP contribution in [-0.2, 0) is 11.2 Å². The van der Waals surface area contributed by atoms with E-state index in [0.717, 1.165) is 37.1 Å². The largest absolute Gasteiger partial charge is 0.384 e. The van der Waals surface area contributed by atoms with Gasteiger partial charge >= 0.3 is 0 Å². The summed E-state index contributed by atoms with van der Waals surface area (Å²) in [5.41, 5.74) is 3.13. The third kappa shape index (κ3) is 3.19. The average Bonchev–Trinajstić information content (AvgIpc) is 3.01. The van der Waals surface area contributed by atoms with E-state index in [0.29, 0.717) is 13.1 Å². The molecule has 3 rings (SSSR count). The molecule has 1 aromatic rings. The van der Waals surface area contributed by atoms with Gasteiger partial charge in [0.25, 0.3) is 5.91 Å². The van der Waals surface area contributed by atoms with Crippen LogP contribution in [0.2, 0.25) is 0 Å². The van der Waals surface area contributed by atoms with Crippen molar-refractivity contribution in [3.8, 4) is 0 Å². The summed E-state index contributed by atoms with van der Waals surface area (Å²) < 4.78 is 0. The van der Waals surface area contributed by atoms with E-state index >= 15 is 0 Å². The SMILES string of the molecule is CNC(=O)C1CCN(C(=O)c2ccc3c(c2)CCN3)CC1.Cl. The molecule has 0 unspecified atom stereocenters. The number of rotatable bonds is 2. The fourth-order valence-electron chi connectivity index (χ4n) is 3.17. The highest BCUT2D eigenvalue weighted by Crippen LogP contribution is 2.25. The van der Waals surface area contributed by atoms with Gasteiger partial charge in [-0.2, -0.15) is 0 Å². The third-order valence-electron chi connectivity index (χ3n) is 4.46. The van der Waals surface area contributed by atoms with Gasteiger partial charge in [-0.1, -0.05) is 0 Å². The van der Waals surface area contributed by atoms with Gasteiger partial charge in [0.05, 0.1) is 0 Å². The maximum Gasteiger partial charge on any atom is 0.253 e. The highest BCUT2D eigenvalue weighted by atomic mass is 35.5. The van der Waals surface area contributed by atoms with E-state index < -0.39 is 0 Å². The number of carbonyl (C=O) groups is 2. The van der Waals surface area contributed by atoms with Gasteiger partial charge in [0, 0.05) is 43.9 Å². The van der Waals surface area contributed by atoms with Gasteiger partial charge < -0.3 is 15.5 Å². The fourth-order valence-corrected chi connectivity index (χ4v) is 3.17. The molecule has 2 heterocycles. The van der Waals surface area contributed by atoms with E-state index in [9.17, 15) is 9.59 Å². The van der Waals surface area contributed by atoms with Crippen molar-refractivity contribution in [3.05, 3.63) is 29.3 Å². The number of anilines is 1. The van der Waals surface area contributed by atoms with Crippen LogP contribution in [0.4, 0.5) is 5.69 Å². The molecule has 2 N–H and O–H groups in total. The second kappa shape index (κ2) is 7.01. The molecule has 0 spiro atoms. The van der Waals surface area contributed by atoms with Crippen molar-refractivity contribution < 1.29 is 9.59 Å². The molecular formula is C16H22ClN3O2. The molecule has 22 heavy (non-hydrogen) atoms. The van der Waals surface area contributed by atoms with Crippen molar-refractivity contribution in [2.24, 2.45) is 5.92 Å². The number of nitrogens with zero attached hydrogens (tertiary/aromatic N) is 1. The molecule has 0 aliphatic carbocycles. The Hall–Kier alpha value is -1.75. The zero-order chi connectivity index (χ0) is 14.8. The zero-order valence-electron chi connectivity index (χ0n) is 12.7. The van der Waals surface area contributed by atoms with Crippen molar-refractivity contribution in [3.63, 3.8) is 0 Å². The Morgan fingerprint density at radius 3 is 2.68 bits per heavy atom. The first kappa shape index (κ1) is 16.6. The number of amides is 2. The summed E-state index contributed by atoms with van der Waals surface area (Å²) in [5, 5.41) is 5.99. The van der Waals surface area contributed by atoms with E-state index in [-0.39, 0.29) is 30.1 Å². The molecule has 0 aromatic heterocycles. The molecule has 1 fully saturated rings. The number of halogens is 1. The second-order valence-electron chi connectivity index (χ2n) is 5.73. The maximum absolute atomic E-state index is 12.6. The first-order chi connectivity index (χ1) is 10.2. The van der Waals surface area contributed by atoms with Crippen LogP contribution in [0.1, 0.15) is 28.8 Å². The minimum atomic E-state index is 0. The molecule has 1 aromatic carbocycles. The maximum atomic E-state index is 12.6. The Morgan fingerprint density at radius 1 is 1.27 bits per heavy atom. The minimum absolute atomic E-state index is 0. The molecule has 0 radical (unpaired) electrons. The Labute approximate surface area is 136 Å². The lowest BCUT2D eigenvalue weighted by Crippen LogP contribution is -2.42. The van der Waals surface area contributed by atoms with Gasteiger partial charge in [-0.05, 0) is 43.0 Å². The Balaban J connectivity index is 0.00000176. The summed E-state index contributed by atoms with van der Waals surface area (Å²) >= 11 is 0. The quantitative estimate of drug-likeness (QED) is 0.870. The van der Waals surface area contributed by atoms with Crippen LogP contribution in [0.25, 0.3) is 0 Å². The summed E-state index contributed by atoms with van der Waals surface area (Å²) in [5.74, 6) is 0.217. The lowest BCUT2D eigenvalue weighted by Gasteiger charge is -2.31. The summed E-state index contributed by atoms with van der Waals surface area (Å²) in [6.07, 6.45) is 2.48. The second-order valence-corrected chi connectivity index (χ2v) is 5.73. The van der Waals surface area contributed by atoms with Crippen LogP contribution in [0, 0.1) is 5.92 Å². The highest BCUT2D eigenvalue weighted by Gasteiger charge is 2.27. The number of carbonyl (C=O) groups excluding carboxylic acids is 2. The number of hydrogen-bond acceptors (Lipinski definition) is 3. The van der Waals surface area contributed by atoms with Gasteiger partial charge in [0.1, 0.15) is 0 Å². The van der Waals surface area contributed by atoms with Crippen LogP contribution >= 0.6 is 12.4 Å². The number of nitrogens with one attached hydrogen (secondary N) is 2. The average molecular weight is 324 g/mol. The highest BCUT2D eigenvalue weighted by molar-refractivity contribution is 5.95. The predicted molar refractivity (Wildman–Crippen MR) is 88.6 cm³/mol. The minimum Gasteiger partial charge on any atom is -0.384 e. The first-order valence-corrected chi connectivity index (χ1v) is 7.56. The van der Waals surface area contributed by atoms with Crippen molar-refractivity contribution in [1.82, 2.24) is 10.2 Å². The van der Waals surface area contributed by atoms with Crippen LogP contribution < -0.4 is 10.6 Å². The van der Waals surface area contributed by atoms with Gasteiger partial charge in [-0.3, -0.25) is 9.59 Å². The normalized spacial score (nSPS) is 17.2. The summed E-state index contributed by atoms with van der Waals surface area (Å²) in [4.78, 5) is 26.0. The third-order valence-corrected chi connectivity index (χ3v) is 4.46. The van der Waals surface area contributed by atoms with Gasteiger partial charge in [0.15, 0.2) is 0 Å². The summed E-state index contributed by atoms with van der Waals surface area (Å²) in [7, 11) is 1.67. The molecule has 5 nitrogen and oxygen atoms in total. The number of piperidine rings is 1. The van der Waals surface area contributed by atoms with Crippen molar-refractivity contribution in [2.75, 3.05) is 32.0 Å². The smallest absolute Gasteiger partial charge is 0.253 e. The summed E-state index contributed by atoms with van der Waals surface area (Å²) in [6, 6.07) is 5.89. The fraction of sp³-hybridized carbons (Fsp3) is 0.500. The Bertz CT molecular complexity index is 569. The molecule has 0 atom stereocenters. The van der Waals surface area contributed by atoms with E-state index in [2.05, 4.69) is 10.6 Å². The van der Waals surface area contributed by atoms with Crippen molar-refractivity contribution >= 4 is 29.9 Å². The number of benzene rings is 1. The zero-order valence-corrected chi connectivity index (χ0v) is 13.5. The molecule has 0 saturated carbocycles. The standard InChI is InChI=1S/C16H21N3O2.ClH/c1-17-15(20)11-5-8-19(9-6-11)16(21)13-2-3-14-12(10-13)4-7-18-14;/h2-3,10-11,18H,4-9H2,1H3,(H,17,20);1H. The van der Waals surface area contributed by atoms with Crippen molar-refractivity contribution in [2.45, 2.75) is 19.3 Å². The summed E-state index contributed by atoms with van der Waals surface area (Å²) in [6.45, 7) is 2.27. The number of hydrogen-bond donors (Lipinski definition) is 2. The molecule has 0 bridgehead atoms. The number of fused-ring (bicyclic) bond motifs is 1.